The van der Waals surface area contributed by atoms with Crippen LogP contribution in [0.2, 0.25) is 0 Å². The molecule has 0 heterocycles. The van der Waals surface area contributed by atoms with Gasteiger partial charge in [-0.3, -0.25) is 9.59 Å². The summed E-state index contributed by atoms with van der Waals surface area (Å²) >= 11 is 0. The maximum atomic E-state index is 13.0. The number of carbonyl (C=O) groups excluding carboxylic acids is 1. The molecule has 4 nitrogen and oxygen atoms in total. The average Bonchev–Trinajstić information content (AvgIpc) is 2.86. The highest BCUT2D eigenvalue weighted by atomic mass is 19.4. The first-order chi connectivity index (χ1) is 9.80. The molecular formula is C14H20F3NO3. The van der Waals surface area contributed by atoms with Crippen molar-refractivity contribution in [2.45, 2.75) is 57.2 Å². The molecule has 2 saturated carbocycles. The third-order valence-corrected chi connectivity index (χ3v) is 4.68. The van der Waals surface area contributed by atoms with Crippen molar-refractivity contribution in [3.05, 3.63) is 0 Å². The lowest BCUT2D eigenvalue weighted by Gasteiger charge is -2.33. The molecule has 0 spiro atoms. The minimum Gasteiger partial charge on any atom is -0.481 e. The normalized spacial score (nSPS) is 33.7. The van der Waals surface area contributed by atoms with E-state index in [0.717, 1.165) is 0 Å². The second-order valence-corrected chi connectivity index (χ2v) is 6.03. The predicted octanol–water partition coefficient (Wildman–Crippen LogP) is 2.72. The Bertz CT molecular complexity index is 411. The maximum absolute atomic E-state index is 13.0. The van der Waals surface area contributed by atoms with Crippen LogP contribution in [0.4, 0.5) is 13.2 Å². The fourth-order valence-electron chi connectivity index (χ4n) is 3.55. The second-order valence-electron chi connectivity index (χ2n) is 6.03. The van der Waals surface area contributed by atoms with Crippen molar-refractivity contribution < 1.29 is 27.9 Å². The van der Waals surface area contributed by atoms with Crippen LogP contribution in [0.5, 0.6) is 0 Å². The number of amides is 1. The molecule has 0 aromatic carbocycles. The lowest BCUT2D eigenvalue weighted by atomic mass is 9.78. The summed E-state index contributed by atoms with van der Waals surface area (Å²) in [6.07, 6.45) is -1.42. The molecule has 21 heavy (non-hydrogen) atoms. The van der Waals surface area contributed by atoms with E-state index in [1.54, 1.807) is 0 Å². The summed E-state index contributed by atoms with van der Waals surface area (Å²) in [6.45, 7) is 0. The number of aliphatic carboxylic acids is 1. The highest BCUT2D eigenvalue weighted by Gasteiger charge is 2.48. The molecular weight excluding hydrogens is 287 g/mol. The van der Waals surface area contributed by atoms with Gasteiger partial charge in [-0.05, 0) is 25.7 Å². The van der Waals surface area contributed by atoms with Gasteiger partial charge in [-0.15, -0.1) is 0 Å². The first-order valence-electron chi connectivity index (χ1n) is 7.40. The van der Waals surface area contributed by atoms with E-state index < -0.39 is 41.8 Å². The molecule has 2 aliphatic carbocycles. The van der Waals surface area contributed by atoms with E-state index in [1.807, 2.05) is 0 Å². The Hall–Kier alpha value is -1.27. The molecule has 0 aromatic rings. The summed E-state index contributed by atoms with van der Waals surface area (Å²) < 4.78 is 39.0. The van der Waals surface area contributed by atoms with E-state index in [9.17, 15) is 22.8 Å². The van der Waals surface area contributed by atoms with Crippen molar-refractivity contribution in [2.75, 3.05) is 0 Å². The molecule has 7 heteroatoms. The van der Waals surface area contributed by atoms with Crippen LogP contribution in [-0.4, -0.2) is 29.2 Å². The molecule has 0 aromatic heterocycles. The van der Waals surface area contributed by atoms with E-state index in [1.165, 1.54) is 0 Å². The lowest BCUT2D eigenvalue weighted by Crippen LogP contribution is -2.47. The number of carboxylic acids is 1. The highest BCUT2D eigenvalue weighted by molar-refractivity contribution is 5.81. The van der Waals surface area contributed by atoms with Crippen molar-refractivity contribution >= 4 is 11.9 Å². The van der Waals surface area contributed by atoms with Crippen molar-refractivity contribution in [1.82, 2.24) is 5.32 Å². The summed E-state index contributed by atoms with van der Waals surface area (Å²) in [4.78, 5) is 23.2. The summed E-state index contributed by atoms with van der Waals surface area (Å²) in [5, 5.41) is 11.6. The molecule has 4 atom stereocenters. The number of halogens is 3. The standard InChI is InChI=1S/C14H20F3NO3/c15-14(16,17)10-6-2-1-4-8(10)12(19)18-11-7-3-5-9(11)13(20)21/h8-11H,1-7H2,(H,18,19)(H,20,21). The van der Waals surface area contributed by atoms with Crippen LogP contribution in [0.15, 0.2) is 0 Å². The zero-order valence-electron chi connectivity index (χ0n) is 11.7. The van der Waals surface area contributed by atoms with Crippen molar-refractivity contribution in [1.29, 1.82) is 0 Å². The average molecular weight is 307 g/mol. The van der Waals surface area contributed by atoms with E-state index in [0.29, 0.717) is 32.1 Å². The number of nitrogens with one attached hydrogen (secondary N) is 1. The molecule has 0 bridgehead atoms. The predicted molar refractivity (Wildman–Crippen MR) is 68.4 cm³/mol. The van der Waals surface area contributed by atoms with Crippen LogP contribution >= 0.6 is 0 Å². The fourth-order valence-corrected chi connectivity index (χ4v) is 3.55. The zero-order chi connectivity index (χ0) is 15.6. The monoisotopic (exact) mass is 307 g/mol. The van der Waals surface area contributed by atoms with Crippen LogP contribution in [0, 0.1) is 17.8 Å². The van der Waals surface area contributed by atoms with Gasteiger partial charge < -0.3 is 10.4 Å². The lowest BCUT2D eigenvalue weighted by molar-refractivity contribution is -0.198. The smallest absolute Gasteiger partial charge is 0.392 e. The van der Waals surface area contributed by atoms with Crippen molar-refractivity contribution in [3.8, 4) is 0 Å². The van der Waals surface area contributed by atoms with Crippen molar-refractivity contribution in [3.63, 3.8) is 0 Å². The SMILES string of the molecule is O=C(O)C1CCCC1NC(=O)C1CCCCC1C(F)(F)F. The molecule has 2 fully saturated rings. The Morgan fingerprint density at radius 3 is 2.19 bits per heavy atom. The Labute approximate surface area is 121 Å². The van der Waals surface area contributed by atoms with Gasteiger partial charge in [0.05, 0.1) is 11.8 Å². The van der Waals surface area contributed by atoms with Crippen LogP contribution in [0.3, 0.4) is 0 Å². The van der Waals surface area contributed by atoms with E-state index in [4.69, 9.17) is 5.11 Å². The second kappa shape index (κ2) is 6.23. The van der Waals surface area contributed by atoms with Crippen LogP contribution in [0.1, 0.15) is 44.9 Å². The molecule has 1 amide bonds. The van der Waals surface area contributed by atoms with Crippen LogP contribution in [-0.2, 0) is 9.59 Å². The number of carbonyl (C=O) groups is 2. The molecule has 2 N–H and O–H groups in total. The van der Waals surface area contributed by atoms with Gasteiger partial charge in [0.1, 0.15) is 0 Å². The number of hydrogen-bond donors (Lipinski definition) is 2. The molecule has 4 unspecified atom stereocenters. The molecule has 0 saturated heterocycles. The van der Waals surface area contributed by atoms with Gasteiger partial charge in [0.2, 0.25) is 5.91 Å². The summed E-state index contributed by atoms with van der Waals surface area (Å²) in [5.74, 6) is -4.98. The van der Waals surface area contributed by atoms with Gasteiger partial charge in [-0.1, -0.05) is 19.3 Å². The summed E-state index contributed by atoms with van der Waals surface area (Å²) in [5.41, 5.74) is 0. The number of hydrogen-bond acceptors (Lipinski definition) is 2. The Morgan fingerprint density at radius 1 is 0.952 bits per heavy atom. The zero-order valence-corrected chi connectivity index (χ0v) is 11.7. The third-order valence-electron chi connectivity index (χ3n) is 4.68. The van der Waals surface area contributed by atoms with Gasteiger partial charge in [0, 0.05) is 12.0 Å². The van der Waals surface area contributed by atoms with Gasteiger partial charge in [0.25, 0.3) is 0 Å². The topological polar surface area (TPSA) is 66.4 Å². The summed E-state index contributed by atoms with van der Waals surface area (Å²) in [6, 6.07) is -0.536. The van der Waals surface area contributed by atoms with Gasteiger partial charge in [-0.2, -0.15) is 13.2 Å². The molecule has 0 radical (unpaired) electrons. The first kappa shape index (κ1) is 16.1. The van der Waals surface area contributed by atoms with Gasteiger partial charge in [0.15, 0.2) is 0 Å². The summed E-state index contributed by atoms with van der Waals surface area (Å²) in [7, 11) is 0. The molecule has 0 aliphatic heterocycles. The maximum Gasteiger partial charge on any atom is 0.392 e. The van der Waals surface area contributed by atoms with Gasteiger partial charge >= 0.3 is 12.1 Å². The number of carboxylic acid groups (broad SMARTS) is 1. The molecule has 120 valence electrons. The van der Waals surface area contributed by atoms with Crippen LogP contribution in [0.25, 0.3) is 0 Å². The van der Waals surface area contributed by atoms with Gasteiger partial charge in [-0.25, -0.2) is 0 Å². The van der Waals surface area contributed by atoms with E-state index >= 15 is 0 Å². The van der Waals surface area contributed by atoms with E-state index in [-0.39, 0.29) is 12.8 Å². The minimum atomic E-state index is -4.37. The first-order valence-corrected chi connectivity index (χ1v) is 7.40. The molecule has 2 rings (SSSR count). The largest absolute Gasteiger partial charge is 0.481 e. The molecule has 2 aliphatic rings. The third kappa shape index (κ3) is 3.68. The quantitative estimate of drug-likeness (QED) is 0.842. The van der Waals surface area contributed by atoms with E-state index in [2.05, 4.69) is 5.32 Å². The minimum absolute atomic E-state index is 0.0192. The highest BCUT2D eigenvalue weighted by Crippen LogP contribution is 2.41. The van der Waals surface area contributed by atoms with Crippen molar-refractivity contribution in [2.24, 2.45) is 17.8 Å². The number of alkyl halides is 3. The van der Waals surface area contributed by atoms with Crippen LogP contribution < -0.4 is 5.32 Å². The Balaban J connectivity index is 2.02. The Kier molecular flexibility index (Phi) is 4.78. The number of rotatable bonds is 3. The Morgan fingerprint density at radius 2 is 1.57 bits per heavy atom. The fraction of sp³-hybridized carbons (Fsp3) is 0.857.